The van der Waals surface area contributed by atoms with Gasteiger partial charge in [0.05, 0.1) is 12.7 Å². The molecule has 0 bridgehead atoms. The number of aryl methyl sites for hydroxylation is 1. The van der Waals surface area contributed by atoms with Crippen LogP contribution in [-0.2, 0) is 11.4 Å². The molecule has 3 aromatic rings. The Morgan fingerprint density at radius 1 is 1.11 bits per heavy atom. The average Bonchev–Trinajstić information content (AvgIpc) is 3.16. The molecule has 3 rings (SSSR count). The van der Waals surface area contributed by atoms with E-state index in [9.17, 15) is 9.90 Å². The third-order valence-corrected chi connectivity index (χ3v) is 3.96. The van der Waals surface area contributed by atoms with Crippen molar-refractivity contribution in [2.75, 3.05) is 19.0 Å². The number of benzene rings is 2. The first-order valence-corrected chi connectivity index (χ1v) is 8.46. The zero-order valence-corrected chi connectivity index (χ0v) is 15.2. The highest BCUT2D eigenvalue weighted by Gasteiger charge is 2.13. The van der Waals surface area contributed by atoms with E-state index >= 15 is 0 Å². The summed E-state index contributed by atoms with van der Waals surface area (Å²) in [6, 6.07) is 16.2. The minimum absolute atomic E-state index is 0.0974. The first-order valence-electron chi connectivity index (χ1n) is 8.46. The number of aliphatic hydroxyl groups excluding tert-OH is 1. The quantitative estimate of drug-likeness (QED) is 0.664. The zero-order valence-electron chi connectivity index (χ0n) is 15.2. The topological polar surface area (TPSA) is 80.9 Å². The number of methoxy groups -OCH3 is 1. The molecule has 0 spiro atoms. The van der Waals surface area contributed by atoms with Crippen molar-refractivity contribution < 1.29 is 23.8 Å². The van der Waals surface area contributed by atoms with Crippen LogP contribution in [0.5, 0.6) is 11.5 Å². The fraction of sp³-hybridized carbons (Fsp3) is 0.190. The Kier molecular flexibility index (Phi) is 5.78. The molecule has 0 atom stereocenters. The lowest BCUT2D eigenvalue weighted by molar-refractivity contribution is -0.118. The number of furan rings is 1. The van der Waals surface area contributed by atoms with Gasteiger partial charge in [0.2, 0.25) is 0 Å². The van der Waals surface area contributed by atoms with Crippen molar-refractivity contribution in [1.82, 2.24) is 0 Å². The fourth-order valence-corrected chi connectivity index (χ4v) is 2.57. The van der Waals surface area contributed by atoms with Crippen LogP contribution in [-0.4, -0.2) is 24.7 Å². The second-order valence-corrected chi connectivity index (χ2v) is 5.99. The van der Waals surface area contributed by atoms with Gasteiger partial charge in [0.1, 0.15) is 29.6 Å². The largest absolute Gasteiger partial charge is 0.496 e. The maximum atomic E-state index is 12.2. The fourth-order valence-electron chi connectivity index (χ4n) is 2.57. The van der Waals surface area contributed by atoms with Gasteiger partial charge in [-0.3, -0.25) is 4.79 Å². The minimum atomic E-state index is -0.276. The Labute approximate surface area is 157 Å². The number of anilines is 1. The molecule has 0 fully saturated rings. The standard InChI is InChI=1S/C21H21NO5/c1-14-3-6-16(7-4-14)26-13-21(24)22-15-5-9-19(25-2)18(11-15)20-10-8-17(12-23)27-20/h3-11,23H,12-13H2,1-2H3,(H,22,24). The van der Waals surface area contributed by atoms with Crippen molar-refractivity contribution in [1.29, 1.82) is 0 Å². The van der Waals surface area contributed by atoms with E-state index in [0.29, 0.717) is 34.3 Å². The molecule has 0 aliphatic heterocycles. The Balaban J connectivity index is 1.70. The number of hydrogen-bond donors (Lipinski definition) is 2. The van der Waals surface area contributed by atoms with Crippen LogP contribution in [0.2, 0.25) is 0 Å². The van der Waals surface area contributed by atoms with Crippen LogP contribution >= 0.6 is 0 Å². The number of aliphatic hydroxyl groups is 1. The molecule has 1 aromatic heterocycles. The maximum absolute atomic E-state index is 12.2. The average molecular weight is 367 g/mol. The summed E-state index contributed by atoms with van der Waals surface area (Å²) in [7, 11) is 1.56. The predicted molar refractivity (Wildman–Crippen MR) is 102 cm³/mol. The third kappa shape index (κ3) is 4.68. The number of ether oxygens (including phenoxy) is 2. The second kappa shape index (κ2) is 8.42. The maximum Gasteiger partial charge on any atom is 0.262 e. The summed E-state index contributed by atoms with van der Waals surface area (Å²) in [6.07, 6.45) is 0. The van der Waals surface area contributed by atoms with Gasteiger partial charge in [0.15, 0.2) is 6.61 Å². The molecule has 1 heterocycles. The molecular formula is C21H21NO5. The van der Waals surface area contributed by atoms with Crippen molar-refractivity contribution in [2.45, 2.75) is 13.5 Å². The number of nitrogens with one attached hydrogen (secondary N) is 1. The monoisotopic (exact) mass is 367 g/mol. The van der Waals surface area contributed by atoms with Crippen LogP contribution in [0.3, 0.4) is 0 Å². The molecule has 2 N–H and O–H groups in total. The summed E-state index contributed by atoms with van der Waals surface area (Å²) in [5.41, 5.74) is 2.39. The smallest absolute Gasteiger partial charge is 0.262 e. The molecule has 27 heavy (non-hydrogen) atoms. The normalized spacial score (nSPS) is 10.5. The van der Waals surface area contributed by atoms with Crippen LogP contribution in [0, 0.1) is 6.92 Å². The summed E-state index contributed by atoms with van der Waals surface area (Å²) < 4.78 is 16.4. The predicted octanol–water partition coefficient (Wildman–Crippen LogP) is 3.77. The molecule has 0 unspecified atom stereocenters. The Bertz CT molecular complexity index is 915. The lowest BCUT2D eigenvalue weighted by Crippen LogP contribution is -2.20. The zero-order chi connectivity index (χ0) is 19.2. The Morgan fingerprint density at radius 3 is 2.56 bits per heavy atom. The van der Waals surface area contributed by atoms with Gasteiger partial charge in [0, 0.05) is 5.69 Å². The van der Waals surface area contributed by atoms with Crippen molar-refractivity contribution in [3.05, 3.63) is 65.9 Å². The van der Waals surface area contributed by atoms with Gasteiger partial charge in [-0.05, 0) is 49.4 Å². The Hall–Kier alpha value is -3.25. The highest BCUT2D eigenvalue weighted by Crippen LogP contribution is 2.33. The molecule has 0 aliphatic carbocycles. The molecule has 1 amide bonds. The SMILES string of the molecule is COc1ccc(NC(=O)COc2ccc(C)cc2)cc1-c1ccc(CO)o1. The van der Waals surface area contributed by atoms with Crippen molar-refractivity contribution in [2.24, 2.45) is 0 Å². The van der Waals surface area contributed by atoms with Crippen molar-refractivity contribution in [3.63, 3.8) is 0 Å². The highest BCUT2D eigenvalue weighted by molar-refractivity contribution is 5.92. The molecule has 6 heteroatoms. The molecule has 0 radical (unpaired) electrons. The van der Waals surface area contributed by atoms with Crippen LogP contribution in [0.4, 0.5) is 5.69 Å². The molecule has 0 saturated carbocycles. The van der Waals surface area contributed by atoms with Gasteiger partial charge in [-0.2, -0.15) is 0 Å². The van der Waals surface area contributed by atoms with Gasteiger partial charge < -0.3 is 24.3 Å². The van der Waals surface area contributed by atoms with Crippen LogP contribution < -0.4 is 14.8 Å². The van der Waals surface area contributed by atoms with Gasteiger partial charge in [-0.15, -0.1) is 0 Å². The van der Waals surface area contributed by atoms with Crippen LogP contribution in [0.1, 0.15) is 11.3 Å². The molecule has 140 valence electrons. The third-order valence-electron chi connectivity index (χ3n) is 3.96. The van der Waals surface area contributed by atoms with Crippen LogP contribution in [0.25, 0.3) is 11.3 Å². The van der Waals surface area contributed by atoms with Gasteiger partial charge in [-0.1, -0.05) is 17.7 Å². The minimum Gasteiger partial charge on any atom is -0.496 e. The number of amides is 1. The van der Waals surface area contributed by atoms with Crippen LogP contribution in [0.15, 0.2) is 59.0 Å². The van der Waals surface area contributed by atoms with Gasteiger partial charge in [-0.25, -0.2) is 0 Å². The van der Waals surface area contributed by atoms with E-state index in [2.05, 4.69) is 5.32 Å². The van der Waals surface area contributed by atoms with Gasteiger partial charge in [0.25, 0.3) is 5.91 Å². The summed E-state index contributed by atoms with van der Waals surface area (Å²) in [6.45, 7) is 1.70. The first-order chi connectivity index (χ1) is 13.1. The van der Waals surface area contributed by atoms with E-state index in [4.69, 9.17) is 13.9 Å². The second-order valence-electron chi connectivity index (χ2n) is 5.99. The van der Waals surface area contributed by atoms with E-state index < -0.39 is 0 Å². The van der Waals surface area contributed by atoms with E-state index in [1.807, 2.05) is 31.2 Å². The molecule has 0 saturated heterocycles. The summed E-state index contributed by atoms with van der Waals surface area (Å²) >= 11 is 0. The van der Waals surface area contributed by atoms with E-state index in [1.165, 1.54) is 0 Å². The molecule has 6 nitrogen and oxygen atoms in total. The Morgan fingerprint density at radius 2 is 1.89 bits per heavy atom. The van der Waals surface area contributed by atoms with E-state index in [0.717, 1.165) is 5.56 Å². The lowest BCUT2D eigenvalue weighted by Gasteiger charge is -2.11. The molecule has 0 aliphatic rings. The van der Waals surface area contributed by atoms with Crippen molar-refractivity contribution >= 4 is 11.6 Å². The number of carbonyl (C=O) groups excluding carboxylic acids is 1. The first kappa shape index (κ1) is 18.5. The molecular weight excluding hydrogens is 346 g/mol. The summed E-state index contributed by atoms with van der Waals surface area (Å²) in [5, 5.41) is 12.0. The van der Waals surface area contributed by atoms with Crippen molar-refractivity contribution in [3.8, 4) is 22.8 Å². The van der Waals surface area contributed by atoms with E-state index in [1.54, 1.807) is 37.4 Å². The summed E-state index contributed by atoms with van der Waals surface area (Å²) in [5.74, 6) is 1.96. The number of carbonyl (C=O) groups is 1. The summed E-state index contributed by atoms with van der Waals surface area (Å²) in [4.78, 5) is 12.2. The lowest BCUT2D eigenvalue weighted by atomic mass is 10.1. The number of rotatable bonds is 7. The highest BCUT2D eigenvalue weighted by atomic mass is 16.5. The van der Waals surface area contributed by atoms with E-state index in [-0.39, 0.29) is 19.1 Å². The molecule has 2 aromatic carbocycles. The number of hydrogen-bond acceptors (Lipinski definition) is 5. The van der Waals surface area contributed by atoms with Gasteiger partial charge >= 0.3 is 0 Å².